The molecular formula is C16H34ClN. The zero-order chi connectivity index (χ0) is 13.6. The van der Waals surface area contributed by atoms with Crippen molar-refractivity contribution < 1.29 is 0 Å². The van der Waals surface area contributed by atoms with E-state index in [1.165, 1.54) is 64.2 Å². The molecule has 1 unspecified atom stereocenters. The van der Waals surface area contributed by atoms with Gasteiger partial charge < -0.3 is 0 Å². The molecule has 0 bridgehead atoms. The highest BCUT2D eigenvalue weighted by Crippen LogP contribution is 2.12. The van der Waals surface area contributed by atoms with Crippen molar-refractivity contribution in [2.75, 3.05) is 13.1 Å². The van der Waals surface area contributed by atoms with Crippen molar-refractivity contribution in [1.82, 2.24) is 4.42 Å². The molecule has 110 valence electrons. The molecule has 0 saturated carbocycles. The second kappa shape index (κ2) is 13.7. The molecule has 0 N–H and O–H groups in total. The van der Waals surface area contributed by atoms with Crippen LogP contribution in [0.15, 0.2) is 0 Å². The third kappa shape index (κ3) is 12.7. The van der Waals surface area contributed by atoms with Crippen LogP contribution in [0, 0.1) is 5.92 Å². The summed E-state index contributed by atoms with van der Waals surface area (Å²) in [5, 5.41) is 0. The van der Waals surface area contributed by atoms with E-state index in [0.29, 0.717) is 0 Å². The minimum atomic E-state index is 0.738. The summed E-state index contributed by atoms with van der Waals surface area (Å²) in [4.78, 5) is 0. The van der Waals surface area contributed by atoms with Crippen LogP contribution in [0.1, 0.15) is 85.0 Å². The predicted molar refractivity (Wildman–Crippen MR) is 84.1 cm³/mol. The maximum atomic E-state index is 6.23. The van der Waals surface area contributed by atoms with Crippen molar-refractivity contribution in [2.24, 2.45) is 5.92 Å². The first-order valence-electron chi connectivity index (χ1n) is 8.11. The van der Waals surface area contributed by atoms with Crippen LogP contribution in [0.25, 0.3) is 0 Å². The summed E-state index contributed by atoms with van der Waals surface area (Å²) in [6.45, 7) is 8.92. The lowest BCUT2D eigenvalue weighted by Crippen LogP contribution is -2.20. The van der Waals surface area contributed by atoms with Crippen molar-refractivity contribution in [3.63, 3.8) is 0 Å². The van der Waals surface area contributed by atoms with E-state index >= 15 is 0 Å². The first-order chi connectivity index (χ1) is 8.70. The molecule has 0 aliphatic carbocycles. The van der Waals surface area contributed by atoms with Crippen molar-refractivity contribution >= 4 is 11.8 Å². The largest absolute Gasteiger partial charge is 0.220 e. The van der Waals surface area contributed by atoms with Crippen molar-refractivity contribution in [3.05, 3.63) is 0 Å². The molecule has 1 atom stereocenters. The molecule has 0 aromatic heterocycles. The molecule has 0 aromatic rings. The lowest BCUT2D eigenvalue weighted by Gasteiger charge is -2.18. The molecule has 0 saturated heterocycles. The average Bonchev–Trinajstić information content (AvgIpc) is 2.32. The van der Waals surface area contributed by atoms with Gasteiger partial charge in [0.1, 0.15) is 0 Å². The second-order valence-electron chi connectivity index (χ2n) is 5.74. The van der Waals surface area contributed by atoms with Gasteiger partial charge in [0.2, 0.25) is 0 Å². The van der Waals surface area contributed by atoms with Gasteiger partial charge in [0, 0.05) is 13.1 Å². The molecule has 0 aromatic carbocycles. The Labute approximate surface area is 120 Å². The Hall–Kier alpha value is 0.250. The van der Waals surface area contributed by atoms with Gasteiger partial charge in [0.15, 0.2) is 0 Å². The quantitative estimate of drug-likeness (QED) is 0.293. The van der Waals surface area contributed by atoms with Gasteiger partial charge in [-0.2, -0.15) is 0 Å². The van der Waals surface area contributed by atoms with Crippen LogP contribution in [-0.4, -0.2) is 17.5 Å². The van der Waals surface area contributed by atoms with E-state index in [9.17, 15) is 0 Å². The van der Waals surface area contributed by atoms with Gasteiger partial charge in [0.25, 0.3) is 0 Å². The molecule has 0 fully saturated rings. The number of halogens is 1. The van der Waals surface area contributed by atoms with Crippen LogP contribution in [0.3, 0.4) is 0 Å². The van der Waals surface area contributed by atoms with Crippen LogP contribution in [0.2, 0.25) is 0 Å². The van der Waals surface area contributed by atoms with E-state index in [2.05, 4.69) is 20.8 Å². The van der Waals surface area contributed by atoms with Crippen molar-refractivity contribution in [3.8, 4) is 0 Å². The van der Waals surface area contributed by atoms with E-state index in [-0.39, 0.29) is 0 Å². The summed E-state index contributed by atoms with van der Waals surface area (Å²) in [6, 6.07) is 0. The van der Waals surface area contributed by atoms with E-state index < -0.39 is 0 Å². The minimum Gasteiger partial charge on any atom is -0.220 e. The molecule has 0 rings (SSSR count). The van der Waals surface area contributed by atoms with Crippen LogP contribution < -0.4 is 0 Å². The van der Waals surface area contributed by atoms with Crippen LogP contribution in [-0.2, 0) is 0 Å². The number of hydrogen-bond donors (Lipinski definition) is 0. The highest BCUT2D eigenvalue weighted by Gasteiger charge is 2.06. The summed E-state index contributed by atoms with van der Waals surface area (Å²) < 4.78 is 2.00. The Balaban J connectivity index is 3.22. The van der Waals surface area contributed by atoms with Crippen LogP contribution >= 0.6 is 11.8 Å². The van der Waals surface area contributed by atoms with Gasteiger partial charge in [-0.05, 0) is 30.5 Å². The minimum absolute atomic E-state index is 0.738. The standard InChI is InChI=1S/C16H34ClN/c1-4-6-7-8-9-10-11-12-14-18(17)15-16(3)13-5-2/h16H,4-15H2,1-3H3. The van der Waals surface area contributed by atoms with Gasteiger partial charge in [-0.3, -0.25) is 0 Å². The molecule has 0 radical (unpaired) electrons. The molecule has 0 aliphatic heterocycles. The van der Waals surface area contributed by atoms with Crippen LogP contribution in [0.5, 0.6) is 0 Å². The van der Waals surface area contributed by atoms with E-state index in [1.54, 1.807) is 0 Å². The molecule has 1 nitrogen and oxygen atoms in total. The molecule has 0 aliphatic rings. The van der Waals surface area contributed by atoms with E-state index in [1.807, 2.05) is 4.42 Å². The topological polar surface area (TPSA) is 3.24 Å². The first kappa shape index (κ1) is 18.2. The fraction of sp³-hybridized carbons (Fsp3) is 1.00. The third-order valence-electron chi connectivity index (χ3n) is 3.55. The molecular weight excluding hydrogens is 242 g/mol. The van der Waals surface area contributed by atoms with Crippen molar-refractivity contribution in [2.45, 2.75) is 85.0 Å². The fourth-order valence-corrected chi connectivity index (χ4v) is 2.79. The third-order valence-corrected chi connectivity index (χ3v) is 3.85. The molecule has 2 heteroatoms. The summed E-state index contributed by atoms with van der Waals surface area (Å²) >= 11 is 6.23. The zero-order valence-electron chi connectivity index (χ0n) is 12.9. The molecule has 0 spiro atoms. The van der Waals surface area contributed by atoms with Gasteiger partial charge in [-0.15, -0.1) is 0 Å². The summed E-state index contributed by atoms with van der Waals surface area (Å²) in [5.41, 5.74) is 0. The highest BCUT2D eigenvalue weighted by molar-refractivity contribution is 6.13. The van der Waals surface area contributed by atoms with E-state index in [4.69, 9.17) is 11.8 Å². The molecule has 0 heterocycles. The van der Waals surface area contributed by atoms with Gasteiger partial charge in [-0.25, -0.2) is 4.42 Å². The summed E-state index contributed by atoms with van der Waals surface area (Å²) in [6.07, 6.45) is 13.6. The lowest BCUT2D eigenvalue weighted by atomic mass is 10.1. The van der Waals surface area contributed by atoms with Gasteiger partial charge >= 0.3 is 0 Å². The number of rotatable bonds is 13. The highest BCUT2D eigenvalue weighted by atomic mass is 35.5. The van der Waals surface area contributed by atoms with E-state index in [0.717, 1.165) is 19.0 Å². The summed E-state index contributed by atoms with van der Waals surface area (Å²) in [7, 11) is 0. The fourth-order valence-electron chi connectivity index (χ4n) is 2.43. The second-order valence-corrected chi connectivity index (χ2v) is 6.22. The Morgan fingerprint density at radius 2 is 1.39 bits per heavy atom. The summed E-state index contributed by atoms with van der Waals surface area (Å²) in [5.74, 6) is 0.738. The average molecular weight is 276 g/mol. The Bertz CT molecular complexity index is 161. The van der Waals surface area contributed by atoms with Crippen molar-refractivity contribution in [1.29, 1.82) is 0 Å². The van der Waals surface area contributed by atoms with Gasteiger partial charge in [0.05, 0.1) is 0 Å². The van der Waals surface area contributed by atoms with Crippen LogP contribution in [0.4, 0.5) is 0 Å². The monoisotopic (exact) mass is 275 g/mol. The Kier molecular flexibility index (Phi) is 13.9. The smallest absolute Gasteiger partial charge is 0.0164 e. The first-order valence-corrected chi connectivity index (χ1v) is 8.45. The SMILES string of the molecule is CCCCCCCCCCN(Cl)CC(C)CCC. The maximum Gasteiger partial charge on any atom is 0.0164 e. The zero-order valence-corrected chi connectivity index (χ0v) is 13.6. The number of unbranched alkanes of at least 4 members (excludes halogenated alkanes) is 7. The normalized spacial score (nSPS) is 13.2. The maximum absolute atomic E-state index is 6.23. The van der Waals surface area contributed by atoms with Gasteiger partial charge in [-0.1, -0.05) is 72.1 Å². The Morgan fingerprint density at radius 1 is 0.833 bits per heavy atom. The lowest BCUT2D eigenvalue weighted by molar-refractivity contribution is 0.352. The Morgan fingerprint density at radius 3 is 1.94 bits per heavy atom. The predicted octanol–water partition coefficient (Wildman–Crippen LogP) is 6.02. The number of hydrogen-bond acceptors (Lipinski definition) is 1. The molecule has 0 amide bonds. The molecule has 18 heavy (non-hydrogen) atoms. The number of nitrogens with zero attached hydrogens (tertiary/aromatic N) is 1.